The van der Waals surface area contributed by atoms with Gasteiger partial charge in [0, 0.05) is 52.0 Å². The van der Waals surface area contributed by atoms with E-state index in [1.165, 1.54) is 43.7 Å². The summed E-state index contributed by atoms with van der Waals surface area (Å²) in [7, 11) is 1.69. The van der Waals surface area contributed by atoms with Crippen LogP contribution in [0.25, 0.3) is 0 Å². The average Bonchev–Trinajstić information content (AvgIpc) is 3.38. The van der Waals surface area contributed by atoms with Crippen molar-refractivity contribution in [2.24, 2.45) is 16.6 Å². The van der Waals surface area contributed by atoms with Crippen molar-refractivity contribution in [1.29, 1.82) is 0 Å². The number of hydrogen-bond acceptors (Lipinski definition) is 3. The van der Waals surface area contributed by atoms with Crippen LogP contribution in [0.1, 0.15) is 18.4 Å². The van der Waals surface area contributed by atoms with Crippen molar-refractivity contribution < 1.29 is 0 Å². The molecule has 0 aromatic heterocycles. The maximum Gasteiger partial charge on any atom is 0.188 e. The van der Waals surface area contributed by atoms with Crippen LogP contribution >= 0.6 is 24.0 Å². The van der Waals surface area contributed by atoms with E-state index in [-0.39, 0.29) is 24.0 Å². The van der Waals surface area contributed by atoms with Crippen molar-refractivity contribution in [2.45, 2.75) is 19.4 Å². The molecule has 0 bridgehead atoms. The van der Waals surface area contributed by atoms with E-state index < -0.39 is 0 Å². The van der Waals surface area contributed by atoms with E-state index in [0.717, 1.165) is 25.6 Å². The Hall–Kier alpha value is -1.02. The Morgan fingerprint density at radius 1 is 1.17 bits per heavy atom. The number of piperazine rings is 1. The number of nitrogens with two attached hydrogens (primary N) is 1. The second kappa shape index (κ2) is 8.73. The molecule has 1 saturated heterocycles. The number of nitrogens with one attached hydrogen (secondary N) is 1. The van der Waals surface area contributed by atoms with Gasteiger partial charge >= 0.3 is 0 Å². The van der Waals surface area contributed by atoms with Crippen molar-refractivity contribution in [3.8, 4) is 0 Å². The third kappa shape index (κ3) is 5.53. The molecule has 0 unspecified atom stereocenters. The molecule has 2 aliphatic rings. The fraction of sp³-hybridized carbons (Fsp3) is 0.588. The second-order valence-corrected chi connectivity index (χ2v) is 6.36. The molecule has 3 rings (SSSR count). The van der Waals surface area contributed by atoms with E-state index in [2.05, 4.69) is 44.4 Å². The zero-order chi connectivity index (χ0) is 15.4. The Bertz CT molecular complexity index is 504. The third-order valence-electron chi connectivity index (χ3n) is 4.60. The molecule has 1 aliphatic carbocycles. The van der Waals surface area contributed by atoms with Gasteiger partial charge in [0.2, 0.25) is 0 Å². The first-order valence-corrected chi connectivity index (χ1v) is 8.27. The van der Waals surface area contributed by atoms with Crippen molar-refractivity contribution in [1.82, 2.24) is 10.2 Å². The molecule has 1 aromatic rings. The van der Waals surface area contributed by atoms with Gasteiger partial charge in [0.15, 0.2) is 5.96 Å². The number of hydrogen-bond donors (Lipinski definition) is 2. The summed E-state index contributed by atoms with van der Waals surface area (Å²) in [6.07, 6.45) is 2.89. The molecule has 5 nitrogen and oxygen atoms in total. The lowest BCUT2D eigenvalue weighted by molar-refractivity contribution is 0.248. The van der Waals surface area contributed by atoms with Crippen LogP contribution < -0.4 is 16.0 Å². The highest BCUT2D eigenvalue weighted by molar-refractivity contribution is 14.0. The van der Waals surface area contributed by atoms with E-state index >= 15 is 0 Å². The highest BCUT2D eigenvalue weighted by Crippen LogP contribution is 2.30. The van der Waals surface area contributed by atoms with Crippen LogP contribution in [0.3, 0.4) is 0 Å². The zero-order valence-corrected chi connectivity index (χ0v) is 16.2. The Morgan fingerprint density at radius 2 is 1.83 bits per heavy atom. The monoisotopic (exact) mass is 429 g/mol. The number of aliphatic imine (C=N–C) groups is 1. The van der Waals surface area contributed by atoms with E-state index in [0.29, 0.717) is 5.96 Å². The third-order valence-corrected chi connectivity index (χ3v) is 4.60. The van der Waals surface area contributed by atoms with Crippen molar-refractivity contribution in [3.05, 3.63) is 29.8 Å². The van der Waals surface area contributed by atoms with Gasteiger partial charge in [-0.3, -0.25) is 9.89 Å². The molecule has 1 aliphatic heterocycles. The highest BCUT2D eigenvalue weighted by Gasteiger charge is 2.26. The first kappa shape index (κ1) is 18.3. The van der Waals surface area contributed by atoms with Gasteiger partial charge in [0.1, 0.15) is 0 Å². The van der Waals surface area contributed by atoms with Crippen molar-refractivity contribution in [3.63, 3.8) is 0 Å². The van der Waals surface area contributed by atoms with Gasteiger partial charge in [-0.25, -0.2) is 0 Å². The molecule has 23 heavy (non-hydrogen) atoms. The minimum atomic E-state index is 0. The molecule has 0 spiro atoms. The van der Waals surface area contributed by atoms with Crippen LogP contribution in [0.4, 0.5) is 5.69 Å². The summed E-state index contributed by atoms with van der Waals surface area (Å²) >= 11 is 0. The molecule has 0 atom stereocenters. The van der Waals surface area contributed by atoms with Gasteiger partial charge in [0.25, 0.3) is 0 Å². The number of nitrogens with zero attached hydrogens (tertiary/aromatic N) is 3. The van der Waals surface area contributed by atoms with Crippen LogP contribution in [0.15, 0.2) is 29.3 Å². The summed E-state index contributed by atoms with van der Waals surface area (Å²) in [4.78, 5) is 9.01. The molecule has 3 N–H and O–H groups in total. The van der Waals surface area contributed by atoms with Gasteiger partial charge in [-0.1, -0.05) is 12.1 Å². The molecule has 6 heteroatoms. The number of benzene rings is 1. The van der Waals surface area contributed by atoms with Crippen LogP contribution in [-0.2, 0) is 6.54 Å². The number of rotatable bonds is 5. The van der Waals surface area contributed by atoms with E-state index in [4.69, 9.17) is 5.73 Å². The molecular weight excluding hydrogens is 401 g/mol. The van der Waals surface area contributed by atoms with Crippen LogP contribution in [0, 0.1) is 5.92 Å². The first-order valence-electron chi connectivity index (χ1n) is 8.27. The predicted octanol–water partition coefficient (Wildman–Crippen LogP) is 1.87. The van der Waals surface area contributed by atoms with Gasteiger partial charge in [-0.05, 0) is 36.5 Å². The minimum absolute atomic E-state index is 0. The Kier molecular flexibility index (Phi) is 6.95. The lowest BCUT2D eigenvalue weighted by atomic mass is 10.1. The molecule has 0 amide bonds. The number of guanidine groups is 1. The maximum absolute atomic E-state index is 5.65. The van der Waals surface area contributed by atoms with Crippen LogP contribution in [-0.4, -0.2) is 50.6 Å². The normalized spacial score (nSPS) is 19.3. The van der Waals surface area contributed by atoms with Gasteiger partial charge < -0.3 is 16.0 Å². The summed E-state index contributed by atoms with van der Waals surface area (Å²) < 4.78 is 0. The van der Waals surface area contributed by atoms with E-state index in [1.807, 2.05) is 0 Å². The molecular formula is C17H28IN5. The van der Waals surface area contributed by atoms with Gasteiger partial charge in [-0.15, -0.1) is 24.0 Å². The summed E-state index contributed by atoms with van der Waals surface area (Å²) in [5, 5.41) is 3.08. The zero-order valence-electron chi connectivity index (χ0n) is 13.9. The van der Waals surface area contributed by atoms with Crippen LogP contribution in [0.5, 0.6) is 0 Å². The quantitative estimate of drug-likeness (QED) is 0.427. The standard InChI is InChI=1S/C17H27N5.HI/c1-19-17(18)20-12-14-4-6-16(7-5-14)22-10-8-21(9-11-22)13-15-2-3-15;/h4-7,15H,2-3,8-13H2,1H3,(H3,18,19,20);1H. The summed E-state index contributed by atoms with van der Waals surface area (Å²) in [5.41, 5.74) is 8.20. The molecule has 128 valence electrons. The molecule has 1 aromatic carbocycles. The number of halogens is 1. The van der Waals surface area contributed by atoms with Crippen molar-refractivity contribution >= 4 is 35.6 Å². The summed E-state index contributed by atoms with van der Waals surface area (Å²) in [6.45, 7) is 6.71. The minimum Gasteiger partial charge on any atom is -0.370 e. The maximum atomic E-state index is 5.65. The lowest BCUT2D eigenvalue weighted by Crippen LogP contribution is -2.47. The molecule has 1 saturated carbocycles. The highest BCUT2D eigenvalue weighted by atomic mass is 127. The van der Waals surface area contributed by atoms with E-state index in [9.17, 15) is 0 Å². The average molecular weight is 429 g/mol. The topological polar surface area (TPSA) is 56.9 Å². The molecule has 0 radical (unpaired) electrons. The summed E-state index contributed by atoms with van der Waals surface area (Å²) in [5.74, 6) is 1.48. The predicted molar refractivity (Wildman–Crippen MR) is 108 cm³/mol. The Balaban J connectivity index is 0.00000192. The van der Waals surface area contributed by atoms with Crippen molar-refractivity contribution in [2.75, 3.05) is 44.7 Å². The molecule has 2 fully saturated rings. The fourth-order valence-electron chi connectivity index (χ4n) is 2.95. The second-order valence-electron chi connectivity index (χ2n) is 6.36. The largest absolute Gasteiger partial charge is 0.370 e. The van der Waals surface area contributed by atoms with Crippen LogP contribution in [0.2, 0.25) is 0 Å². The summed E-state index contributed by atoms with van der Waals surface area (Å²) in [6, 6.07) is 8.77. The lowest BCUT2D eigenvalue weighted by Gasteiger charge is -2.36. The van der Waals surface area contributed by atoms with E-state index in [1.54, 1.807) is 7.05 Å². The first-order chi connectivity index (χ1) is 10.7. The SMILES string of the molecule is CN=C(N)NCc1ccc(N2CCN(CC3CC3)CC2)cc1.I. The fourth-order valence-corrected chi connectivity index (χ4v) is 2.95. The molecule has 1 heterocycles. The van der Waals surface area contributed by atoms with Gasteiger partial charge in [-0.2, -0.15) is 0 Å². The Morgan fingerprint density at radius 3 is 2.39 bits per heavy atom. The number of anilines is 1. The van der Waals surface area contributed by atoms with Gasteiger partial charge in [0.05, 0.1) is 0 Å². The smallest absolute Gasteiger partial charge is 0.188 e. The Labute approximate surface area is 156 Å².